The van der Waals surface area contributed by atoms with Gasteiger partial charge in [0, 0.05) is 25.4 Å². The van der Waals surface area contributed by atoms with Crippen molar-refractivity contribution >= 4 is 5.91 Å². The molecule has 1 aliphatic rings. The molecule has 4 nitrogen and oxygen atoms in total. The Balaban J connectivity index is 1.93. The molecule has 100 valence electrons. The summed E-state index contributed by atoms with van der Waals surface area (Å²) in [5, 5.41) is 0. The third-order valence-corrected chi connectivity index (χ3v) is 3.95. The summed E-state index contributed by atoms with van der Waals surface area (Å²) in [6.07, 6.45) is 2.04. The lowest BCUT2D eigenvalue weighted by Gasteiger charge is -2.34. The number of furan rings is 1. The highest BCUT2D eigenvalue weighted by atomic mass is 16.3. The lowest BCUT2D eigenvalue weighted by atomic mass is 9.96. The highest BCUT2D eigenvalue weighted by Gasteiger charge is 2.41. The molecule has 2 rings (SSSR count). The molecule has 0 spiro atoms. The van der Waals surface area contributed by atoms with Crippen LogP contribution in [0.3, 0.4) is 0 Å². The van der Waals surface area contributed by atoms with Crippen molar-refractivity contribution in [3.8, 4) is 0 Å². The van der Waals surface area contributed by atoms with Crippen molar-refractivity contribution in [2.75, 3.05) is 6.54 Å². The topological polar surface area (TPSA) is 59.5 Å². The van der Waals surface area contributed by atoms with Gasteiger partial charge in [0.05, 0.1) is 5.54 Å². The zero-order valence-corrected chi connectivity index (χ0v) is 11.4. The molecule has 2 N–H and O–H groups in total. The predicted octanol–water partition coefficient (Wildman–Crippen LogP) is 1.86. The van der Waals surface area contributed by atoms with Crippen LogP contribution in [0.5, 0.6) is 0 Å². The van der Waals surface area contributed by atoms with E-state index in [4.69, 9.17) is 10.2 Å². The fourth-order valence-electron chi connectivity index (χ4n) is 2.54. The summed E-state index contributed by atoms with van der Waals surface area (Å²) >= 11 is 0. The summed E-state index contributed by atoms with van der Waals surface area (Å²) in [7, 11) is 0. The maximum Gasteiger partial charge on any atom is 0.223 e. The minimum absolute atomic E-state index is 0.0762. The van der Waals surface area contributed by atoms with Gasteiger partial charge in [0.25, 0.3) is 0 Å². The number of hydrogen-bond donors (Lipinski definition) is 1. The number of rotatable bonds is 3. The van der Waals surface area contributed by atoms with E-state index in [9.17, 15) is 4.79 Å². The Hall–Kier alpha value is -1.29. The molecule has 1 aliphatic heterocycles. The molecule has 4 heteroatoms. The number of carbonyl (C=O) groups is 1. The largest absolute Gasteiger partial charge is 0.466 e. The van der Waals surface area contributed by atoms with Crippen molar-refractivity contribution in [1.82, 2.24) is 4.90 Å². The quantitative estimate of drug-likeness (QED) is 0.890. The Morgan fingerprint density at radius 1 is 1.56 bits per heavy atom. The van der Waals surface area contributed by atoms with Gasteiger partial charge in [-0.25, -0.2) is 0 Å². The molecule has 0 aromatic carbocycles. The van der Waals surface area contributed by atoms with Crippen molar-refractivity contribution in [2.24, 2.45) is 5.73 Å². The van der Waals surface area contributed by atoms with Crippen LogP contribution in [-0.4, -0.2) is 28.9 Å². The Labute approximate surface area is 108 Å². The van der Waals surface area contributed by atoms with Crippen molar-refractivity contribution in [3.05, 3.63) is 23.7 Å². The average molecular weight is 250 g/mol. The maximum absolute atomic E-state index is 12.2. The molecule has 18 heavy (non-hydrogen) atoms. The molecule has 1 amide bonds. The van der Waals surface area contributed by atoms with Crippen LogP contribution in [0.25, 0.3) is 0 Å². The Kier molecular flexibility index (Phi) is 3.48. The van der Waals surface area contributed by atoms with E-state index in [0.717, 1.165) is 24.5 Å². The molecule has 0 radical (unpaired) electrons. The summed E-state index contributed by atoms with van der Waals surface area (Å²) < 4.78 is 5.47. The lowest BCUT2D eigenvalue weighted by molar-refractivity contribution is -0.134. The van der Waals surface area contributed by atoms with Gasteiger partial charge in [0.2, 0.25) is 5.91 Å². The van der Waals surface area contributed by atoms with E-state index in [0.29, 0.717) is 12.8 Å². The molecular formula is C14H22N2O2. The first-order valence-electron chi connectivity index (χ1n) is 6.52. The summed E-state index contributed by atoms with van der Waals surface area (Å²) in [5.74, 6) is 1.94. The zero-order valence-electron chi connectivity index (χ0n) is 11.4. The third kappa shape index (κ3) is 2.43. The van der Waals surface area contributed by atoms with Gasteiger partial charge in [-0.2, -0.15) is 0 Å². The Morgan fingerprint density at radius 2 is 2.28 bits per heavy atom. The van der Waals surface area contributed by atoms with Crippen LogP contribution in [0.1, 0.15) is 38.2 Å². The lowest BCUT2D eigenvalue weighted by Crippen LogP contribution is -2.51. The SMILES string of the molecule is Cc1ccc(CCC(=O)N2CCC(N)C2(C)C)o1. The first-order chi connectivity index (χ1) is 8.41. The number of nitrogens with two attached hydrogens (primary N) is 1. The number of amides is 1. The van der Waals surface area contributed by atoms with Gasteiger partial charge in [-0.05, 0) is 39.3 Å². The Bertz CT molecular complexity index is 437. The first kappa shape index (κ1) is 13.1. The monoisotopic (exact) mass is 250 g/mol. The second-order valence-electron chi connectivity index (χ2n) is 5.61. The average Bonchev–Trinajstić information content (AvgIpc) is 2.82. The highest BCUT2D eigenvalue weighted by Crippen LogP contribution is 2.28. The van der Waals surface area contributed by atoms with E-state index in [1.54, 1.807) is 0 Å². The second-order valence-corrected chi connectivity index (χ2v) is 5.61. The zero-order chi connectivity index (χ0) is 13.3. The van der Waals surface area contributed by atoms with Crippen LogP contribution in [0.2, 0.25) is 0 Å². The fraction of sp³-hybridized carbons (Fsp3) is 0.643. The molecule has 1 saturated heterocycles. The summed E-state index contributed by atoms with van der Waals surface area (Å²) in [4.78, 5) is 14.1. The van der Waals surface area contributed by atoms with Crippen LogP contribution in [0.4, 0.5) is 0 Å². The van der Waals surface area contributed by atoms with Crippen LogP contribution in [0, 0.1) is 6.92 Å². The predicted molar refractivity (Wildman–Crippen MR) is 70.2 cm³/mol. The molecule has 0 saturated carbocycles. The first-order valence-corrected chi connectivity index (χ1v) is 6.52. The standard InChI is InChI=1S/C14H22N2O2/c1-10-4-5-11(18-10)6-7-13(17)16-9-8-12(15)14(16,2)3/h4-5,12H,6-9,15H2,1-3H3. The maximum atomic E-state index is 12.2. The van der Waals surface area contributed by atoms with E-state index < -0.39 is 0 Å². The molecular weight excluding hydrogens is 228 g/mol. The van der Waals surface area contributed by atoms with E-state index >= 15 is 0 Å². The molecule has 2 heterocycles. The van der Waals surface area contributed by atoms with Crippen LogP contribution >= 0.6 is 0 Å². The van der Waals surface area contributed by atoms with Crippen molar-refractivity contribution in [3.63, 3.8) is 0 Å². The van der Waals surface area contributed by atoms with E-state index in [1.807, 2.05) is 37.8 Å². The number of nitrogens with zero attached hydrogens (tertiary/aromatic N) is 1. The van der Waals surface area contributed by atoms with Gasteiger partial charge in [0.15, 0.2) is 0 Å². The molecule has 0 aliphatic carbocycles. The van der Waals surface area contributed by atoms with Crippen LogP contribution < -0.4 is 5.73 Å². The van der Waals surface area contributed by atoms with Gasteiger partial charge >= 0.3 is 0 Å². The second kappa shape index (κ2) is 4.76. The Morgan fingerprint density at radius 3 is 2.78 bits per heavy atom. The van der Waals surface area contributed by atoms with Gasteiger partial charge in [-0.3, -0.25) is 4.79 Å². The minimum atomic E-state index is -0.226. The smallest absolute Gasteiger partial charge is 0.223 e. The van der Waals surface area contributed by atoms with Crippen LogP contribution in [-0.2, 0) is 11.2 Å². The third-order valence-electron chi connectivity index (χ3n) is 3.95. The van der Waals surface area contributed by atoms with Gasteiger partial charge in [0.1, 0.15) is 11.5 Å². The van der Waals surface area contributed by atoms with E-state index in [2.05, 4.69) is 0 Å². The normalized spacial score (nSPS) is 22.4. The number of aryl methyl sites for hydroxylation is 2. The van der Waals surface area contributed by atoms with Gasteiger partial charge in [-0.15, -0.1) is 0 Å². The number of carbonyl (C=O) groups excluding carboxylic acids is 1. The molecule has 1 aromatic rings. The van der Waals surface area contributed by atoms with E-state index in [-0.39, 0.29) is 17.5 Å². The number of hydrogen-bond acceptors (Lipinski definition) is 3. The molecule has 1 atom stereocenters. The highest BCUT2D eigenvalue weighted by molar-refractivity contribution is 5.77. The number of likely N-dealkylation sites (tertiary alicyclic amines) is 1. The molecule has 1 unspecified atom stereocenters. The van der Waals surface area contributed by atoms with Crippen LogP contribution in [0.15, 0.2) is 16.5 Å². The summed E-state index contributed by atoms with van der Waals surface area (Å²) in [5.41, 5.74) is 5.81. The molecule has 0 bridgehead atoms. The molecule has 1 aromatic heterocycles. The van der Waals surface area contributed by atoms with Crippen molar-refractivity contribution in [2.45, 2.75) is 51.6 Å². The van der Waals surface area contributed by atoms with Crippen molar-refractivity contribution < 1.29 is 9.21 Å². The van der Waals surface area contributed by atoms with Gasteiger partial charge in [-0.1, -0.05) is 0 Å². The fourth-order valence-corrected chi connectivity index (χ4v) is 2.54. The van der Waals surface area contributed by atoms with E-state index in [1.165, 1.54) is 0 Å². The molecule has 1 fully saturated rings. The summed E-state index contributed by atoms with van der Waals surface area (Å²) in [6, 6.07) is 3.94. The van der Waals surface area contributed by atoms with Crippen molar-refractivity contribution in [1.29, 1.82) is 0 Å². The summed E-state index contributed by atoms with van der Waals surface area (Å²) in [6.45, 7) is 6.76. The minimum Gasteiger partial charge on any atom is -0.466 e. The van der Waals surface area contributed by atoms with Gasteiger partial charge < -0.3 is 15.1 Å².